The van der Waals surface area contributed by atoms with E-state index in [1.807, 2.05) is 0 Å². The fourth-order valence-electron chi connectivity index (χ4n) is 2.32. The summed E-state index contributed by atoms with van der Waals surface area (Å²) in [6.07, 6.45) is 0. The summed E-state index contributed by atoms with van der Waals surface area (Å²) >= 11 is 0. The fourth-order valence-corrected chi connectivity index (χ4v) is 3.60. The van der Waals surface area contributed by atoms with Gasteiger partial charge in [0.25, 0.3) is 0 Å². The maximum atomic E-state index is 12.5. The van der Waals surface area contributed by atoms with E-state index in [2.05, 4.69) is 10.6 Å². The van der Waals surface area contributed by atoms with Gasteiger partial charge in [0.05, 0.1) is 15.5 Å². The van der Waals surface area contributed by atoms with Gasteiger partial charge in [-0.15, -0.1) is 0 Å². The Morgan fingerprint density at radius 2 is 1.31 bits per heavy atom. The molecule has 3 aromatic rings. The highest BCUT2D eigenvalue weighted by Gasteiger charge is 2.17. The van der Waals surface area contributed by atoms with Crippen LogP contribution in [0.25, 0.3) is 0 Å². The van der Waals surface area contributed by atoms with Crippen LogP contribution in [0.1, 0.15) is 0 Å². The molecule has 0 radical (unpaired) electrons. The molecule has 0 aliphatic heterocycles. The molecule has 3 N–H and O–H groups in total. The van der Waals surface area contributed by atoms with E-state index in [1.165, 1.54) is 42.5 Å². The van der Waals surface area contributed by atoms with E-state index < -0.39 is 15.9 Å². The first-order chi connectivity index (χ1) is 12.5. The van der Waals surface area contributed by atoms with Gasteiger partial charge in [0.2, 0.25) is 9.84 Å². The number of nitrogens with one attached hydrogen (secondary N) is 2. The summed E-state index contributed by atoms with van der Waals surface area (Å²) < 4.78 is 25.0. The lowest BCUT2D eigenvalue weighted by molar-refractivity contribution is 0.262. The molecule has 3 rings (SSSR count). The molecule has 0 heterocycles. The molecule has 6 nitrogen and oxygen atoms in total. The van der Waals surface area contributed by atoms with E-state index in [1.54, 1.807) is 36.4 Å². The van der Waals surface area contributed by atoms with Crippen LogP contribution in [0.2, 0.25) is 0 Å². The number of amides is 2. The van der Waals surface area contributed by atoms with Crippen LogP contribution in [0, 0.1) is 0 Å². The van der Waals surface area contributed by atoms with Gasteiger partial charge in [0.15, 0.2) is 0 Å². The summed E-state index contributed by atoms with van der Waals surface area (Å²) in [5, 5.41) is 14.7. The Morgan fingerprint density at radius 1 is 0.731 bits per heavy atom. The molecule has 26 heavy (non-hydrogen) atoms. The van der Waals surface area contributed by atoms with Crippen LogP contribution in [0.4, 0.5) is 16.2 Å². The molecule has 0 fully saturated rings. The van der Waals surface area contributed by atoms with E-state index in [4.69, 9.17) is 0 Å². The molecule has 7 heteroatoms. The lowest BCUT2D eigenvalue weighted by Crippen LogP contribution is -2.19. The highest BCUT2D eigenvalue weighted by Crippen LogP contribution is 2.23. The Kier molecular flexibility index (Phi) is 4.90. The van der Waals surface area contributed by atoms with Crippen molar-refractivity contribution in [3.8, 4) is 5.75 Å². The molecule has 0 atom stereocenters. The minimum absolute atomic E-state index is 0.0491. The van der Waals surface area contributed by atoms with Crippen LogP contribution in [0.5, 0.6) is 5.75 Å². The first kappa shape index (κ1) is 17.5. The van der Waals surface area contributed by atoms with Gasteiger partial charge in [-0.25, -0.2) is 13.2 Å². The number of aromatic hydroxyl groups is 1. The Balaban J connectivity index is 1.72. The van der Waals surface area contributed by atoms with Crippen molar-refractivity contribution in [3.63, 3.8) is 0 Å². The molecule has 0 saturated heterocycles. The van der Waals surface area contributed by atoms with E-state index >= 15 is 0 Å². The molecule has 0 unspecified atom stereocenters. The molecule has 0 bridgehead atoms. The van der Waals surface area contributed by atoms with Crippen molar-refractivity contribution in [2.75, 3.05) is 10.6 Å². The zero-order valence-corrected chi connectivity index (χ0v) is 14.4. The van der Waals surface area contributed by atoms with Crippen LogP contribution in [-0.4, -0.2) is 19.6 Å². The maximum Gasteiger partial charge on any atom is 0.323 e. The Hall–Kier alpha value is -3.32. The van der Waals surface area contributed by atoms with Crippen LogP contribution in [0.15, 0.2) is 88.7 Å². The second kappa shape index (κ2) is 7.28. The summed E-state index contributed by atoms with van der Waals surface area (Å²) in [6.45, 7) is 0. The lowest BCUT2D eigenvalue weighted by atomic mass is 10.3. The molecular weight excluding hydrogens is 352 g/mol. The van der Waals surface area contributed by atoms with Crippen LogP contribution in [0.3, 0.4) is 0 Å². The smallest absolute Gasteiger partial charge is 0.323 e. The summed E-state index contributed by atoms with van der Waals surface area (Å²) in [5.74, 6) is -0.0491. The van der Waals surface area contributed by atoms with Gasteiger partial charge in [-0.2, -0.15) is 0 Å². The number of hydrogen-bond acceptors (Lipinski definition) is 4. The number of phenols is 1. The Morgan fingerprint density at radius 3 is 1.96 bits per heavy atom. The SMILES string of the molecule is O=C(Nc1ccc(S(=O)(=O)c2ccccc2)cc1)Nc1ccccc1O. The van der Waals surface area contributed by atoms with Gasteiger partial charge < -0.3 is 15.7 Å². The number of hydrogen-bond donors (Lipinski definition) is 3. The molecule has 0 saturated carbocycles. The van der Waals surface area contributed by atoms with Crippen LogP contribution >= 0.6 is 0 Å². The molecule has 2 amide bonds. The quantitative estimate of drug-likeness (QED) is 0.609. The molecule has 0 aliphatic rings. The predicted molar refractivity (Wildman–Crippen MR) is 99.1 cm³/mol. The van der Waals surface area contributed by atoms with Crippen LogP contribution in [-0.2, 0) is 9.84 Å². The number of carbonyl (C=O) groups is 1. The normalized spacial score (nSPS) is 10.9. The van der Waals surface area contributed by atoms with Gasteiger partial charge in [-0.05, 0) is 48.5 Å². The van der Waals surface area contributed by atoms with Crippen molar-refractivity contribution in [3.05, 3.63) is 78.9 Å². The predicted octanol–water partition coefficient (Wildman–Crippen LogP) is 3.87. The molecule has 0 aliphatic carbocycles. The van der Waals surface area contributed by atoms with E-state index in [0.29, 0.717) is 5.69 Å². The largest absolute Gasteiger partial charge is 0.506 e. The minimum Gasteiger partial charge on any atom is -0.506 e. The minimum atomic E-state index is -3.60. The first-order valence-electron chi connectivity index (χ1n) is 7.73. The average Bonchev–Trinajstić information content (AvgIpc) is 2.65. The number of benzene rings is 3. The number of sulfone groups is 1. The van der Waals surface area contributed by atoms with E-state index in [9.17, 15) is 18.3 Å². The average molecular weight is 368 g/mol. The number of carbonyl (C=O) groups excluding carboxylic acids is 1. The second-order valence-electron chi connectivity index (χ2n) is 5.44. The summed E-state index contributed by atoms with van der Waals surface area (Å²) in [6, 6.07) is 19.8. The molecule has 132 valence electrons. The number of anilines is 2. The third-order valence-corrected chi connectivity index (χ3v) is 5.41. The Bertz CT molecular complexity index is 1020. The molecule has 0 spiro atoms. The first-order valence-corrected chi connectivity index (χ1v) is 9.21. The fraction of sp³-hybridized carbons (Fsp3) is 0. The monoisotopic (exact) mass is 368 g/mol. The maximum absolute atomic E-state index is 12.5. The van der Waals surface area contributed by atoms with Crippen molar-refractivity contribution in [2.24, 2.45) is 0 Å². The van der Waals surface area contributed by atoms with Gasteiger partial charge in [-0.1, -0.05) is 30.3 Å². The van der Waals surface area contributed by atoms with Gasteiger partial charge in [0.1, 0.15) is 5.75 Å². The number of rotatable bonds is 4. The van der Waals surface area contributed by atoms with Crippen molar-refractivity contribution in [2.45, 2.75) is 9.79 Å². The Labute approximate surface area is 151 Å². The van der Waals surface area contributed by atoms with E-state index in [-0.39, 0.29) is 21.2 Å². The highest BCUT2D eigenvalue weighted by molar-refractivity contribution is 7.91. The highest BCUT2D eigenvalue weighted by atomic mass is 32.2. The van der Waals surface area contributed by atoms with Gasteiger partial charge >= 0.3 is 6.03 Å². The standard InChI is InChI=1S/C19H16N2O4S/c22-18-9-5-4-8-17(18)21-19(23)20-14-10-12-16(13-11-14)26(24,25)15-6-2-1-3-7-15/h1-13,22H,(H2,20,21,23). The molecule has 0 aromatic heterocycles. The van der Waals surface area contributed by atoms with Crippen molar-refractivity contribution in [1.82, 2.24) is 0 Å². The third-order valence-electron chi connectivity index (χ3n) is 3.63. The van der Waals surface area contributed by atoms with E-state index in [0.717, 1.165) is 0 Å². The van der Waals surface area contributed by atoms with Crippen molar-refractivity contribution >= 4 is 27.2 Å². The topological polar surface area (TPSA) is 95.5 Å². The lowest BCUT2D eigenvalue weighted by Gasteiger charge is -2.10. The summed E-state index contributed by atoms with van der Waals surface area (Å²) in [4.78, 5) is 12.3. The van der Waals surface area contributed by atoms with Gasteiger partial charge in [-0.3, -0.25) is 0 Å². The third kappa shape index (κ3) is 3.84. The number of urea groups is 1. The summed E-state index contributed by atoms with van der Waals surface area (Å²) in [7, 11) is -3.60. The van der Waals surface area contributed by atoms with Crippen molar-refractivity contribution in [1.29, 1.82) is 0 Å². The number of para-hydroxylation sites is 2. The molecule has 3 aromatic carbocycles. The van der Waals surface area contributed by atoms with Crippen molar-refractivity contribution < 1.29 is 18.3 Å². The number of phenolic OH excluding ortho intramolecular Hbond substituents is 1. The second-order valence-corrected chi connectivity index (χ2v) is 7.39. The van der Waals surface area contributed by atoms with Gasteiger partial charge in [0, 0.05) is 5.69 Å². The molecular formula is C19H16N2O4S. The summed E-state index contributed by atoms with van der Waals surface area (Å²) in [5.41, 5.74) is 0.693. The van der Waals surface area contributed by atoms with Crippen LogP contribution < -0.4 is 10.6 Å². The zero-order chi connectivity index (χ0) is 18.6. The zero-order valence-electron chi connectivity index (χ0n) is 13.6.